The number of H-pyrrole nitrogens is 1. The van der Waals surface area contributed by atoms with Gasteiger partial charge < -0.3 is 10.1 Å². The Morgan fingerprint density at radius 2 is 2.20 bits per heavy atom. The number of aromatic nitrogens is 4. The highest BCUT2D eigenvalue weighted by molar-refractivity contribution is 5.77. The zero-order valence-corrected chi connectivity index (χ0v) is 11.9. The molecular formula is C14H18N4O2. The normalized spacial score (nSPS) is 18.1. The fourth-order valence-corrected chi connectivity index (χ4v) is 3.00. The van der Waals surface area contributed by atoms with Gasteiger partial charge in [0.25, 0.3) is 0 Å². The van der Waals surface area contributed by atoms with E-state index in [-0.39, 0.29) is 0 Å². The van der Waals surface area contributed by atoms with Crippen molar-refractivity contribution in [2.75, 3.05) is 0 Å². The van der Waals surface area contributed by atoms with Crippen LogP contribution < -0.4 is 0 Å². The Morgan fingerprint density at radius 3 is 2.80 bits per heavy atom. The van der Waals surface area contributed by atoms with Gasteiger partial charge in [-0.05, 0) is 33.1 Å². The van der Waals surface area contributed by atoms with E-state index in [1.807, 2.05) is 25.6 Å². The molecule has 6 nitrogen and oxygen atoms in total. The zero-order chi connectivity index (χ0) is 14.4. The molecule has 0 saturated heterocycles. The summed E-state index contributed by atoms with van der Waals surface area (Å²) >= 11 is 0. The number of hydrogen-bond donors (Lipinski definition) is 2. The van der Waals surface area contributed by atoms with Crippen LogP contribution in [0.15, 0.2) is 0 Å². The third-order valence-corrected chi connectivity index (χ3v) is 4.10. The minimum Gasteiger partial charge on any atom is -0.481 e. The first kappa shape index (κ1) is 12.9. The molecule has 1 aliphatic carbocycles. The van der Waals surface area contributed by atoms with Gasteiger partial charge in [-0.15, -0.1) is 0 Å². The summed E-state index contributed by atoms with van der Waals surface area (Å²) in [5.74, 6) is -0.532. The van der Waals surface area contributed by atoms with Gasteiger partial charge in [0, 0.05) is 18.4 Å². The molecular weight excluding hydrogens is 256 g/mol. The summed E-state index contributed by atoms with van der Waals surface area (Å²) in [6, 6.07) is 0. The monoisotopic (exact) mass is 274 g/mol. The van der Waals surface area contributed by atoms with Crippen molar-refractivity contribution < 1.29 is 9.90 Å². The number of carboxylic acids is 1. The number of rotatable bonds is 2. The number of hydrogen-bond acceptors (Lipinski definition) is 3. The summed E-state index contributed by atoms with van der Waals surface area (Å²) in [4.78, 5) is 19.2. The lowest BCUT2D eigenvalue weighted by molar-refractivity contribution is -0.139. The summed E-state index contributed by atoms with van der Waals surface area (Å²) in [5.41, 5.74) is 4.57. The fraction of sp³-hybridized carbons (Fsp3) is 0.500. The lowest BCUT2D eigenvalue weighted by Gasteiger charge is -2.16. The summed E-state index contributed by atoms with van der Waals surface area (Å²) in [7, 11) is 1.90. The summed E-state index contributed by atoms with van der Waals surface area (Å²) in [5, 5.41) is 13.7. The van der Waals surface area contributed by atoms with E-state index in [4.69, 9.17) is 0 Å². The molecule has 0 aromatic carbocycles. The molecule has 3 rings (SSSR count). The van der Waals surface area contributed by atoms with Gasteiger partial charge in [0.2, 0.25) is 0 Å². The first-order valence-corrected chi connectivity index (χ1v) is 6.81. The van der Waals surface area contributed by atoms with E-state index < -0.39 is 11.9 Å². The van der Waals surface area contributed by atoms with Gasteiger partial charge in [0.05, 0.1) is 17.0 Å². The van der Waals surface area contributed by atoms with Crippen LogP contribution >= 0.6 is 0 Å². The van der Waals surface area contributed by atoms with Gasteiger partial charge in [-0.2, -0.15) is 5.10 Å². The SMILES string of the molecule is Cc1nn(C)c(C)c1-c1nc2c([nH]1)CCCC2C(=O)O. The molecule has 0 aliphatic heterocycles. The average Bonchev–Trinajstić information content (AvgIpc) is 2.90. The largest absolute Gasteiger partial charge is 0.481 e. The van der Waals surface area contributed by atoms with Crippen molar-refractivity contribution >= 4 is 5.97 Å². The molecule has 2 aromatic rings. The Labute approximate surface area is 116 Å². The van der Waals surface area contributed by atoms with Crippen LogP contribution in [0.1, 0.15) is 41.5 Å². The van der Waals surface area contributed by atoms with E-state index in [1.165, 1.54) is 0 Å². The molecule has 20 heavy (non-hydrogen) atoms. The van der Waals surface area contributed by atoms with Crippen molar-refractivity contribution in [1.82, 2.24) is 19.7 Å². The predicted molar refractivity (Wildman–Crippen MR) is 73.6 cm³/mol. The number of nitrogens with one attached hydrogen (secondary N) is 1. The first-order valence-electron chi connectivity index (χ1n) is 6.81. The third kappa shape index (κ3) is 1.83. The van der Waals surface area contributed by atoms with Crippen molar-refractivity contribution in [1.29, 1.82) is 0 Å². The van der Waals surface area contributed by atoms with Gasteiger partial charge in [-0.3, -0.25) is 9.48 Å². The molecule has 6 heteroatoms. The topological polar surface area (TPSA) is 83.8 Å². The van der Waals surface area contributed by atoms with Crippen molar-refractivity contribution in [2.24, 2.45) is 7.05 Å². The van der Waals surface area contributed by atoms with Crippen LogP contribution in [0.2, 0.25) is 0 Å². The molecule has 0 radical (unpaired) electrons. The number of nitrogens with zero attached hydrogens (tertiary/aromatic N) is 3. The van der Waals surface area contributed by atoms with Gasteiger partial charge in [0.1, 0.15) is 11.7 Å². The number of carbonyl (C=O) groups is 1. The second kappa shape index (κ2) is 4.47. The van der Waals surface area contributed by atoms with Crippen LogP contribution in [0, 0.1) is 13.8 Å². The molecule has 1 unspecified atom stereocenters. The summed E-state index contributed by atoms with van der Waals surface area (Å²) in [6.45, 7) is 3.93. The maximum atomic E-state index is 11.3. The lowest BCUT2D eigenvalue weighted by atomic mass is 9.90. The molecule has 0 amide bonds. The number of aliphatic carboxylic acids is 1. The highest BCUT2D eigenvalue weighted by Gasteiger charge is 2.30. The number of carboxylic acid groups (broad SMARTS) is 1. The number of aromatic amines is 1. The maximum absolute atomic E-state index is 11.3. The summed E-state index contributed by atoms with van der Waals surface area (Å²) in [6.07, 6.45) is 2.42. The van der Waals surface area contributed by atoms with Crippen LogP contribution in [-0.2, 0) is 18.3 Å². The van der Waals surface area contributed by atoms with Crippen molar-refractivity contribution in [3.63, 3.8) is 0 Å². The number of fused-ring (bicyclic) bond motifs is 1. The van der Waals surface area contributed by atoms with Gasteiger partial charge in [-0.1, -0.05) is 0 Å². The first-order chi connectivity index (χ1) is 9.49. The highest BCUT2D eigenvalue weighted by Crippen LogP contribution is 2.33. The van der Waals surface area contributed by atoms with Crippen molar-refractivity contribution in [2.45, 2.75) is 39.0 Å². The molecule has 2 aromatic heterocycles. The van der Waals surface area contributed by atoms with E-state index in [2.05, 4.69) is 15.1 Å². The Bertz CT molecular complexity index is 684. The summed E-state index contributed by atoms with van der Waals surface area (Å²) < 4.78 is 1.82. The highest BCUT2D eigenvalue weighted by atomic mass is 16.4. The maximum Gasteiger partial charge on any atom is 0.312 e. The molecule has 1 aliphatic rings. The molecule has 0 fully saturated rings. The Balaban J connectivity index is 2.11. The van der Waals surface area contributed by atoms with Crippen LogP contribution in [0.25, 0.3) is 11.4 Å². The van der Waals surface area contributed by atoms with Crippen molar-refractivity contribution in [3.8, 4) is 11.4 Å². The second-order valence-electron chi connectivity index (χ2n) is 5.40. The van der Waals surface area contributed by atoms with Crippen LogP contribution in [0.3, 0.4) is 0 Å². The molecule has 0 spiro atoms. The average molecular weight is 274 g/mol. The van der Waals surface area contributed by atoms with Crippen LogP contribution in [0.4, 0.5) is 0 Å². The van der Waals surface area contributed by atoms with E-state index in [1.54, 1.807) is 0 Å². The molecule has 1 atom stereocenters. The smallest absolute Gasteiger partial charge is 0.312 e. The minimum atomic E-state index is -0.788. The second-order valence-corrected chi connectivity index (χ2v) is 5.40. The Morgan fingerprint density at radius 1 is 1.45 bits per heavy atom. The molecule has 2 N–H and O–H groups in total. The van der Waals surface area contributed by atoms with E-state index in [9.17, 15) is 9.90 Å². The molecule has 0 saturated carbocycles. The Kier molecular flexibility index (Phi) is 2.88. The van der Waals surface area contributed by atoms with Crippen molar-refractivity contribution in [3.05, 3.63) is 22.8 Å². The number of aryl methyl sites for hydroxylation is 3. The molecule has 106 valence electrons. The van der Waals surface area contributed by atoms with Crippen LogP contribution in [-0.4, -0.2) is 30.8 Å². The zero-order valence-electron chi connectivity index (χ0n) is 11.9. The third-order valence-electron chi connectivity index (χ3n) is 4.10. The standard InChI is InChI=1S/C14H18N4O2/c1-7-11(8(2)18(3)17-7)13-15-10-6-4-5-9(14(19)20)12(10)16-13/h9H,4-6H2,1-3H3,(H,15,16)(H,19,20). The lowest BCUT2D eigenvalue weighted by Crippen LogP contribution is -2.17. The van der Waals surface area contributed by atoms with E-state index >= 15 is 0 Å². The minimum absolute atomic E-state index is 0.485. The van der Waals surface area contributed by atoms with E-state index in [0.29, 0.717) is 12.1 Å². The number of imidazole rings is 1. The van der Waals surface area contributed by atoms with Crippen LogP contribution in [0.5, 0.6) is 0 Å². The molecule has 2 heterocycles. The molecule has 0 bridgehead atoms. The van der Waals surface area contributed by atoms with Gasteiger partial charge in [-0.25, -0.2) is 4.98 Å². The Hall–Kier alpha value is -2.11. The van der Waals surface area contributed by atoms with E-state index in [0.717, 1.165) is 41.3 Å². The predicted octanol–water partition coefficient (Wildman–Crippen LogP) is 1.93. The fourth-order valence-electron chi connectivity index (χ4n) is 3.00. The quantitative estimate of drug-likeness (QED) is 0.876. The van der Waals surface area contributed by atoms with Gasteiger partial charge >= 0.3 is 5.97 Å². The van der Waals surface area contributed by atoms with Gasteiger partial charge in [0.15, 0.2) is 0 Å².